The van der Waals surface area contributed by atoms with Crippen molar-refractivity contribution in [1.82, 2.24) is 0 Å². The molecular formula is C15H27BN2O3. The number of nitrogens with two attached hydrogens (primary N) is 1. The number of allylic oxidation sites excluding steroid dienone is 2. The van der Waals surface area contributed by atoms with Crippen molar-refractivity contribution in [3.05, 3.63) is 11.8 Å². The highest BCUT2D eigenvalue weighted by molar-refractivity contribution is 6.84. The van der Waals surface area contributed by atoms with Crippen LogP contribution in [0.5, 0.6) is 0 Å². The number of aliphatic imine (C=N–C) groups is 1. The minimum absolute atomic E-state index is 0.122. The van der Waals surface area contributed by atoms with Gasteiger partial charge < -0.3 is 19.8 Å². The van der Waals surface area contributed by atoms with Crippen LogP contribution in [-0.2, 0) is 14.0 Å². The Morgan fingerprint density at radius 1 is 1.19 bits per heavy atom. The van der Waals surface area contributed by atoms with E-state index in [1.54, 1.807) is 0 Å². The standard InChI is InChI=1S/C15H27BN2O3/c1-11(17)10-12(18-13-8-6-7-9-19-13)16-20-14(2,3)15(4,5)21-16/h10,13H,6-9,17H2,1-5H3. The molecule has 0 spiro atoms. The van der Waals surface area contributed by atoms with E-state index in [-0.39, 0.29) is 17.4 Å². The molecule has 0 saturated carbocycles. The van der Waals surface area contributed by atoms with E-state index in [4.69, 9.17) is 19.8 Å². The molecule has 0 amide bonds. The van der Waals surface area contributed by atoms with Crippen LogP contribution in [0.1, 0.15) is 53.9 Å². The van der Waals surface area contributed by atoms with E-state index in [2.05, 4.69) is 4.99 Å². The van der Waals surface area contributed by atoms with Gasteiger partial charge in [-0.25, -0.2) is 0 Å². The molecule has 1 unspecified atom stereocenters. The molecule has 118 valence electrons. The average molecular weight is 294 g/mol. The molecule has 2 N–H and O–H groups in total. The summed E-state index contributed by atoms with van der Waals surface area (Å²) in [7, 11) is -0.501. The fraction of sp³-hybridized carbons (Fsp3) is 0.800. The summed E-state index contributed by atoms with van der Waals surface area (Å²) in [6, 6.07) is 0. The van der Waals surface area contributed by atoms with Crippen molar-refractivity contribution in [3.63, 3.8) is 0 Å². The second-order valence-corrected chi connectivity index (χ2v) is 6.85. The van der Waals surface area contributed by atoms with Gasteiger partial charge in [0.1, 0.15) is 6.23 Å². The van der Waals surface area contributed by atoms with Crippen LogP contribution in [0.2, 0.25) is 0 Å². The fourth-order valence-electron chi connectivity index (χ4n) is 2.36. The summed E-state index contributed by atoms with van der Waals surface area (Å²) in [5.41, 5.74) is 6.44. The largest absolute Gasteiger partial charge is 0.514 e. The summed E-state index contributed by atoms with van der Waals surface area (Å²) in [4.78, 5) is 4.68. The van der Waals surface area contributed by atoms with Crippen LogP contribution in [0, 0.1) is 0 Å². The summed E-state index contributed by atoms with van der Waals surface area (Å²) in [5, 5.41) is 0. The molecule has 2 saturated heterocycles. The lowest BCUT2D eigenvalue weighted by Crippen LogP contribution is -2.41. The van der Waals surface area contributed by atoms with Crippen molar-refractivity contribution < 1.29 is 14.0 Å². The van der Waals surface area contributed by atoms with Gasteiger partial charge in [-0.05, 0) is 60.0 Å². The molecule has 5 nitrogen and oxygen atoms in total. The van der Waals surface area contributed by atoms with Crippen LogP contribution >= 0.6 is 0 Å². The van der Waals surface area contributed by atoms with E-state index in [0.29, 0.717) is 11.3 Å². The summed E-state index contributed by atoms with van der Waals surface area (Å²) < 4.78 is 17.8. The second kappa shape index (κ2) is 6.11. The average Bonchev–Trinajstić information content (AvgIpc) is 2.58. The minimum atomic E-state index is -0.501. The first-order chi connectivity index (χ1) is 9.71. The molecular weight excluding hydrogens is 267 g/mol. The van der Waals surface area contributed by atoms with Gasteiger partial charge in [-0.1, -0.05) is 0 Å². The Morgan fingerprint density at radius 3 is 2.29 bits per heavy atom. The number of ether oxygens (including phenoxy) is 1. The molecule has 1 atom stereocenters. The van der Waals surface area contributed by atoms with E-state index in [9.17, 15) is 0 Å². The molecule has 0 aromatic rings. The van der Waals surface area contributed by atoms with Crippen LogP contribution in [0.4, 0.5) is 0 Å². The second-order valence-electron chi connectivity index (χ2n) is 6.85. The van der Waals surface area contributed by atoms with Gasteiger partial charge in [0.15, 0.2) is 0 Å². The van der Waals surface area contributed by atoms with Gasteiger partial charge >= 0.3 is 7.12 Å². The molecule has 21 heavy (non-hydrogen) atoms. The van der Waals surface area contributed by atoms with Crippen LogP contribution in [0.25, 0.3) is 0 Å². The molecule has 2 fully saturated rings. The lowest BCUT2D eigenvalue weighted by Gasteiger charge is -2.32. The maximum atomic E-state index is 6.06. The highest BCUT2D eigenvalue weighted by atomic mass is 16.7. The molecule has 0 aromatic heterocycles. The normalized spacial score (nSPS) is 29.8. The smallest absolute Gasteiger partial charge is 0.402 e. The Labute approximate surface area is 128 Å². The maximum absolute atomic E-state index is 6.06. The minimum Gasteiger partial charge on any atom is -0.402 e. The number of hydrogen-bond acceptors (Lipinski definition) is 5. The molecule has 2 rings (SSSR count). The van der Waals surface area contributed by atoms with Crippen molar-refractivity contribution in [3.8, 4) is 0 Å². The molecule has 2 heterocycles. The number of nitrogens with zero attached hydrogens (tertiary/aromatic N) is 1. The van der Waals surface area contributed by atoms with Crippen LogP contribution in [0.3, 0.4) is 0 Å². The molecule has 0 aromatic carbocycles. The van der Waals surface area contributed by atoms with E-state index in [0.717, 1.165) is 25.9 Å². The van der Waals surface area contributed by atoms with Gasteiger partial charge in [0.2, 0.25) is 0 Å². The van der Waals surface area contributed by atoms with Gasteiger partial charge in [-0.15, -0.1) is 0 Å². The van der Waals surface area contributed by atoms with E-state index in [1.807, 2.05) is 40.7 Å². The van der Waals surface area contributed by atoms with Crippen molar-refractivity contribution in [2.24, 2.45) is 10.7 Å². The third-order valence-corrected chi connectivity index (χ3v) is 4.32. The fourth-order valence-corrected chi connectivity index (χ4v) is 2.36. The van der Waals surface area contributed by atoms with Gasteiger partial charge in [0.05, 0.1) is 16.8 Å². The Balaban J connectivity index is 2.21. The Hall–Kier alpha value is -0.845. The highest BCUT2D eigenvalue weighted by Crippen LogP contribution is 2.37. The van der Waals surface area contributed by atoms with Crippen molar-refractivity contribution in [2.75, 3.05) is 6.61 Å². The van der Waals surface area contributed by atoms with Crippen LogP contribution in [0.15, 0.2) is 16.8 Å². The van der Waals surface area contributed by atoms with Crippen LogP contribution in [-0.4, -0.2) is 36.8 Å². The zero-order valence-electron chi connectivity index (χ0n) is 13.8. The first-order valence-electron chi connectivity index (χ1n) is 7.70. The third-order valence-electron chi connectivity index (χ3n) is 4.32. The Bertz CT molecular complexity index is 420. The lowest BCUT2D eigenvalue weighted by atomic mass is 9.81. The first-order valence-corrected chi connectivity index (χ1v) is 7.70. The lowest BCUT2D eigenvalue weighted by molar-refractivity contribution is 0.00578. The van der Waals surface area contributed by atoms with E-state index in [1.165, 1.54) is 0 Å². The zero-order valence-corrected chi connectivity index (χ0v) is 13.8. The Kier molecular flexibility index (Phi) is 4.80. The molecule has 0 aliphatic carbocycles. The molecule has 2 aliphatic heterocycles. The van der Waals surface area contributed by atoms with Gasteiger partial charge in [-0.3, -0.25) is 4.99 Å². The predicted molar refractivity (Wildman–Crippen MR) is 85.1 cm³/mol. The summed E-state index contributed by atoms with van der Waals surface area (Å²) in [6.07, 6.45) is 4.86. The van der Waals surface area contributed by atoms with Crippen molar-refractivity contribution in [2.45, 2.75) is 71.3 Å². The molecule has 6 heteroatoms. The summed E-state index contributed by atoms with van der Waals surface area (Å²) >= 11 is 0. The number of rotatable bonds is 3. The molecule has 0 radical (unpaired) electrons. The highest BCUT2D eigenvalue weighted by Gasteiger charge is 2.52. The van der Waals surface area contributed by atoms with Gasteiger partial charge in [0, 0.05) is 12.3 Å². The molecule has 2 aliphatic rings. The third kappa shape index (κ3) is 3.87. The SMILES string of the molecule is CC(N)=CC(=NC1CCCCO1)B1OC(C)(C)C(C)(C)O1. The van der Waals surface area contributed by atoms with Crippen molar-refractivity contribution >= 4 is 12.7 Å². The van der Waals surface area contributed by atoms with E-state index >= 15 is 0 Å². The summed E-state index contributed by atoms with van der Waals surface area (Å²) in [5.74, 6) is 0. The zero-order chi connectivity index (χ0) is 15.7. The molecule has 0 bridgehead atoms. The Morgan fingerprint density at radius 2 is 1.81 bits per heavy atom. The summed E-state index contributed by atoms with van der Waals surface area (Å²) in [6.45, 7) is 10.7. The van der Waals surface area contributed by atoms with Gasteiger partial charge in [-0.2, -0.15) is 0 Å². The number of hydrogen-bond donors (Lipinski definition) is 1. The van der Waals surface area contributed by atoms with Gasteiger partial charge in [0.25, 0.3) is 0 Å². The monoisotopic (exact) mass is 294 g/mol. The quantitative estimate of drug-likeness (QED) is 0.641. The maximum Gasteiger partial charge on any atom is 0.514 e. The topological polar surface area (TPSA) is 66.1 Å². The predicted octanol–water partition coefficient (Wildman–Crippen LogP) is 2.45. The van der Waals surface area contributed by atoms with Crippen molar-refractivity contribution in [1.29, 1.82) is 0 Å². The van der Waals surface area contributed by atoms with Crippen LogP contribution < -0.4 is 5.73 Å². The first kappa shape index (κ1) is 16.5. The van der Waals surface area contributed by atoms with E-state index < -0.39 is 7.12 Å².